The van der Waals surface area contributed by atoms with E-state index in [9.17, 15) is 14.4 Å². The van der Waals surface area contributed by atoms with Crippen molar-refractivity contribution in [1.82, 2.24) is 10.6 Å². The molecule has 0 heterocycles. The van der Waals surface area contributed by atoms with Gasteiger partial charge in [0.1, 0.15) is 19.2 Å². The van der Waals surface area contributed by atoms with Gasteiger partial charge in [-0.15, -0.1) is 0 Å². The van der Waals surface area contributed by atoms with Gasteiger partial charge in [0.25, 0.3) is 0 Å². The average Bonchev–Trinajstić information content (AvgIpc) is 2.70. The molecule has 0 radical (unpaired) electrons. The first-order chi connectivity index (χ1) is 13.0. The summed E-state index contributed by atoms with van der Waals surface area (Å²) >= 11 is 0. The zero-order chi connectivity index (χ0) is 19.5. The van der Waals surface area contributed by atoms with Crippen molar-refractivity contribution in [2.75, 3.05) is 6.54 Å². The maximum Gasteiger partial charge on any atom is 0.325 e. The van der Waals surface area contributed by atoms with Gasteiger partial charge in [0.05, 0.1) is 0 Å². The zero-order valence-electron chi connectivity index (χ0n) is 15.1. The molecule has 0 aliphatic heterocycles. The molecular formula is C21H22N2O4. The Morgan fingerprint density at radius 3 is 2.30 bits per heavy atom. The molecule has 2 aromatic rings. The van der Waals surface area contributed by atoms with Crippen molar-refractivity contribution in [2.24, 2.45) is 0 Å². The molecule has 27 heavy (non-hydrogen) atoms. The minimum Gasteiger partial charge on any atom is -0.460 e. The topological polar surface area (TPSA) is 84.5 Å². The number of amides is 2. The monoisotopic (exact) mass is 366 g/mol. The second-order valence-electron chi connectivity index (χ2n) is 5.84. The summed E-state index contributed by atoms with van der Waals surface area (Å²) in [7, 11) is 0. The molecule has 1 atom stereocenters. The lowest BCUT2D eigenvalue weighted by Crippen LogP contribution is -2.45. The Kier molecular flexibility index (Phi) is 7.78. The van der Waals surface area contributed by atoms with E-state index in [4.69, 9.17) is 4.74 Å². The van der Waals surface area contributed by atoms with Gasteiger partial charge in [-0.3, -0.25) is 14.4 Å². The summed E-state index contributed by atoms with van der Waals surface area (Å²) < 4.78 is 5.07. The van der Waals surface area contributed by atoms with Crippen molar-refractivity contribution in [3.05, 3.63) is 77.9 Å². The average molecular weight is 366 g/mol. The fraction of sp³-hybridized carbons (Fsp3) is 0.190. The van der Waals surface area contributed by atoms with Gasteiger partial charge in [0.2, 0.25) is 11.8 Å². The highest BCUT2D eigenvalue weighted by atomic mass is 16.5. The smallest absolute Gasteiger partial charge is 0.325 e. The summed E-state index contributed by atoms with van der Waals surface area (Å²) in [6, 6.07) is 17.8. The van der Waals surface area contributed by atoms with E-state index in [1.165, 1.54) is 6.08 Å². The molecule has 0 aliphatic rings. The van der Waals surface area contributed by atoms with Gasteiger partial charge in [-0.1, -0.05) is 60.7 Å². The van der Waals surface area contributed by atoms with Crippen LogP contribution in [0.2, 0.25) is 0 Å². The number of ether oxygens (including phenoxy) is 1. The van der Waals surface area contributed by atoms with Crippen LogP contribution in [0.15, 0.2) is 66.7 Å². The molecule has 0 saturated carbocycles. The van der Waals surface area contributed by atoms with Crippen LogP contribution in [0.3, 0.4) is 0 Å². The number of benzene rings is 2. The van der Waals surface area contributed by atoms with Gasteiger partial charge < -0.3 is 15.4 Å². The molecule has 2 amide bonds. The fourth-order valence-electron chi connectivity index (χ4n) is 2.16. The minimum atomic E-state index is -0.778. The molecule has 2 rings (SSSR count). The molecule has 0 aromatic heterocycles. The van der Waals surface area contributed by atoms with Gasteiger partial charge >= 0.3 is 5.97 Å². The normalized spacial score (nSPS) is 11.6. The van der Waals surface area contributed by atoms with Crippen LogP contribution in [0.5, 0.6) is 0 Å². The van der Waals surface area contributed by atoms with Crippen molar-refractivity contribution < 1.29 is 19.1 Å². The van der Waals surface area contributed by atoms with Crippen LogP contribution in [0, 0.1) is 0 Å². The molecule has 0 bridgehead atoms. The highest BCUT2D eigenvalue weighted by molar-refractivity contribution is 5.95. The Hall–Kier alpha value is -3.41. The van der Waals surface area contributed by atoms with E-state index in [1.54, 1.807) is 13.0 Å². The first-order valence-electron chi connectivity index (χ1n) is 8.55. The summed E-state index contributed by atoms with van der Waals surface area (Å²) in [5, 5.41) is 4.99. The van der Waals surface area contributed by atoms with Crippen LogP contribution in [-0.4, -0.2) is 30.4 Å². The predicted molar refractivity (Wildman–Crippen MR) is 102 cm³/mol. The van der Waals surface area contributed by atoms with Crippen LogP contribution < -0.4 is 10.6 Å². The lowest BCUT2D eigenvalue weighted by Gasteiger charge is -2.12. The van der Waals surface area contributed by atoms with Crippen molar-refractivity contribution in [3.8, 4) is 0 Å². The molecule has 0 spiro atoms. The number of rotatable bonds is 8. The van der Waals surface area contributed by atoms with Crippen LogP contribution in [0.1, 0.15) is 18.1 Å². The third kappa shape index (κ3) is 7.56. The van der Waals surface area contributed by atoms with E-state index < -0.39 is 23.8 Å². The second-order valence-corrected chi connectivity index (χ2v) is 5.84. The van der Waals surface area contributed by atoms with Crippen molar-refractivity contribution in [1.29, 1.82) is 0 Å². The van der Waals surface area contributed by atoms with Gasteiger partial charge in [0.15, 0.2) is 0 Å². The lowest BCUT2D eigenvalue weighted by atomic mass is 10.2. The van der Waals surface area contributed by atoms with E-state index in [1.807, 2.05) is 60.7 Å². The molecule has 6 heteroatoms. The Morgan fingerprint density at radius 1 is 1.00 bits per heavy atom. The summed E-state index contributed by atoms with van der Waals surface area (Å²) in [5.74, 6) is -1.41. The second kappa shape index (κ2) is 10.6. The Morgan fingerprint density at radius 2 is 1.63 bits per heavy atom. The molecule has 6 nitrogen and oxygen atoms in total. The third-order valence-electron chi connectivity index (χ3n) is 3.63. The van der Waals surface area contributed by atoms with Crippen LogP contribution in [0.4, 0.5) is 0 Å². The van der Waals surface area contributed by atoms with Crippen LogP contribution >= 0.6 is 0 Å². The first kappa shape index (κ1) is 19.9. The lowest BCUT2D eigenvalue weighted by molar-refractivity contribution is -0.145. The van der Waals surface area contributed by atoms with Gasteiger partial charge in [0, 0.05) is 6.08 Å². The number of carbonyl (C=O) groups is 3. The van der Waals surface area contributed by atoms with E-state index in [-0.39, 0.29) is 13.2 Å². The molecule has 1 unspecified atom stereocenters. The molecule has 0 saturated heterocycles. The molecule has 0 aliphatic carbocycles. The first-order valence-corrected chi connectivity index (χ1v) is 8.55. The Balaban J connectivity index is 1.69. The quantitative estimate of drug-likeness (QED) is 0.553. The molecular weight excluding hydrogens is 344 g/mol. The van der Waals surface area contributed by atoms with E-state index in [2.05, 4.69) is 10.6 Å². The van der Waals surface area contributed by atoms with Crippen molar-refractivity contribution in [2.45, 2.75) is 19.6 Å². The van der Waals surface area contributed by atoms with Crippen molar-refractivity contribution in [3.63, 3.8) is 0 Å². The van der Waals surface area contributed by atoms with Crippen LogP contribution in [0.25, 0.3) is 6.08 Å². The fourth-order valence-corrected chi connectivity index (χ4v) is 2.16. The largest absolute Gasteiger partial charge is 0.460 e. The summed E-state index contributed by atoms with van der Waals surface area (Å²) in [5.41, 5.74) is 1.74. The summed E-state index contributed by atoms with van der Waals surface area (Å²) in [4.78, 5) is 35.5. The predicted octanol–water partition coefficient (Wildman–Crippen LogP) is 2.06. The van der Waals surface area contributed by atoms with Crippen molar-refractivity contribution >= 4 is 23.9 Å². The van der Waals surface area contributed by atoms with E-state index in [0.29, 0.717) is 0 Å². The number of nitrogens with one attached hydrogen (secondary N) is 2. The Bertz CT molecular complexity index is 788. The minimum absolute atomic E-state index is 0.145. The maximum atomic E-state index is 12.0. The molecule has 140 valence electrons. The SMILES string of the molecule is CC(NC(=O)/C=C/c1ccccc1)C(=O)NCC(=O)OCc1ccccc1. The number of hydrogen-bond acceptors (Lipinski definition) is 4. The molecule has 2 N–H and O–H groups in total. The van der Waals surface area contributed by atoms with E-state index >= 15 is 0 Å². The Labute approximate surface area is 158 Å². The summed E-state index contributed by atoms with van der Waals surface area (Å²) in [6.45, 7) is 1.43. The molecule has 2 aromatic carbocycles. The number of esters is 1. The zero-order valence-corrected chi connectivity index (χ0v) is 15.1. The van der Waals surface area contributed by atoms with Gasteiger partial charge in [-0.2, -0.15) is 0 Å². The summed E-state index contributed by atoms with van der Waals surface area (Å²) in [6.07, 6.45) is 3.01. The standard InChI is InChI=1S/C21H22N2O4/c1-16(23-19(24)13-12-17-8-4-2-5-9-17)21(26)22-14-20(25)27-15-18-10-6-3-7-11-18/h2-13,16H,14-15H2,1H3,(H,22,26)(H,23,24)/b13-12+. The van der Waals surface area contributed by atoms with E-state index in [0.717, 1.165) is 11.1 Å². The number of carbonyl (C=O) groups excluding carboxylic acids is 3. The van der Waals surface area contributed by atoms with Gasteiger partial charge in [-0.05, 0) is 24.1 Å². The third-order valence-corrected chi connectivity index (χ3v) is 3.63. The molecule has 0 fully saturated rings. The highest BCUT2D eigenvalue weighted by Gasteiger charge is 2.15. The van der Waals surface area contributed by atoms with Crippen LogP contribution in [-0.2, 0) is 25.7 Å². The maximum absolute atomic E-state index is 12.0. The highest BCUT2D eigenvalue weighted by Crippen LogP contribution is 2.01. The van der Waals surface area contributed by atoms with Gasteiger partial charge in [-0.25, -0.2) is 0 Å². The number of hydrogen-bond donors (Lipinski definition) is 2.